The molecule has 2 aromatic rings. The summed E-state index contributed by atoms with van der Waals surface area (Å²) >= 11 is 0. The van der Waals surface area contributed by atoms with Gasteiger partial charge in [-0.25, -0.2) is 0 Å². The number of hydrogen-bond donors (Lipinski definition) is 0. The number of rotatable bonds is 21. The van der Waals surface area contributed by atoms with E-state index in [9.17, 15) is 0 Å². The topological polar surface area (TPSA) is 15.7 Å². The van der Waals surface area contributed by atoms with Gasteiger partial charge in [-0.2, -0.15) is 5.06 Å². The molecular formula is C31H50N2O. The molecule has 190 valence electrons. The van der Waals surface area contributed by atoms with E-state index < -0.39 is 0 Å². The van der Waals surface area contributed by atoms with Gasteiger partial charge in [-0.3, -0.25) is 9.74 Å². The second kappa shape index (κ2) is 19.6. The summed E-state index contributed by atoms with van der Waals surface area (Å²) < 4.78 is 0. The van der Waals surface area contributed by atoms with Crippen molar-refractivity contribution in [2.45, 2.75) is 104 Å². The van der Waals surface area contributed by atoms with E-state index in [0.29, 0.717) is 6.73 Å². The van der Waals surface area contributed by atoms with Crippen molar-refractivity contribution in [3.8, 4) is 0 Å². The van der Waals surface area contributed by atoms with E-state index in [1.807, 2.05) is 0 Å². The summed E-state index contributed by atoms with van der Waals surface area (Å²) in [5.74, 6) is 0. The van der Waals surface area contributed by atoms with E-state index in [4.69, 9.17) is 4.84 Å². The van der Waals surface area contributed by atoms with Gasteiger partial charge in [0.05, 0.1) is 0 Å². The molecule has 0 fully saturated rings. The molecule has 0 radical (unpaired) electrons. The molecule has 3 nitrogen and oxygen atoms in total. The van der Waals surface area contributed by atoms with Gasteiger partial charge >= 0.3 is 0 Å². The Kier molecular flexibility index (Phi) is 16.5. The molecule has 0 N–H and O–H groups in total. The van der Waals surface area contributed by atoms with Crippen LogP contribution in [0.4, 0.5) is 0 Å². The Labute approximate surface area is 210 Å². The predicted octanol–water partition coefficient (Wildman–Crippen LogP) is 8.60. The lowest BCUT2D eigenvalue weighted by Gasteiger charge is -2.28. The molecule has 0 aliphatic heterocycles. The highest BCUT2D eigenvalue weighted by Gasteiger charge is 2.12. The summed E-state index contributed by atoms with van der Waals surface area (Å²) in [5.41, 5.74) is 2.58. The quantitative estimate of drug-likeness (QED) is 0.104. The van der Waals surface area contributed by atoms with Crippen LogP contribution in [0.1, 0.15) is 102 Å². The average Bonchev–Trinajstić information content (AvgIpc) is 2.87. The maximum Gasteiger partial charge on any atom is 0.121 e. The van der Waals surface area contributed by atoms with Crippen LogP contribution in [0.2, 0.25) is 0 Å². The van der Waals surface area contributed by atoms with E-state index in [2.05, 4.69) is 84.5 Å². The van der Waals surface area contributed by atoms with Crippen LogP contribution in [0.25, 0.3) is 0 Å². The van der Waals surface area contributed by atoms with Crippen LogP contribution < -0.4 is 0 Å². The second-order valence-electron chi connectivity index (χ2n) is 9.68. The van der Waals surface area contributed by atoms with Crippen LogP contribution in [-0.2, 0) is 17.9 Å². The van der Waals surface area contributed by atoms with E-state index in [1.165, 1.54) is 88.2 Å². The van der Waals surface area contributed by atoms with Crippen LogP contribution in [0, 0.1) is 0 Å². The first-order valence-electron chi connectivity index (χ1n) is 14.0. The lowest BCUT2D eigenvalue weighted by molar-refractivity contribution is -0.205. The fourth-order valence-electron chi connectivity index (χ4n) is 4.36. The van der Waals surface area contributed by atoms with Gasteiger partial charge < -0.3 is 0 Å². The maximum atomic E-state index is 6.46. The summed E-state index contributed by atoms with van der Waals surface area (Å²) in [7, 11) is 0. The zero-order valence-corrected chi connectivity index (χ0v) is 22.1. The molecular weight excluding hydrogens is 416 g/mol. The van der Waals surface area contributed by atoms with Crippen molar-refractivity contribution in [3.63, 3.8) is 0 Å². The Morgan fingerprint density at radius 2 is 0.941 bits per heavy atom. The first kappa shape index (κ1) is 28.6. The van der Waals surface area contributed by atoms with Crippen LogP contribution in [0.15, 0.2) is 60.7 Å². The highest BCUT2D eigenvalue weighted by atomic mass is 16.7. The molecule has 2 rings (SSSR count). The Balaban J connectivity index is 1.87. The lowest BCUT2D eigenvalue weighted by atomic mass is 10.1. The summed E-state index contributed by atoms with van der Waals surface area (Å²) in [6, 6.07) is 21.3. The normalized spacial score (nSPS) is 11.5. The zero-order valence-electron chi connectivity index (χ0n) is 22.1. The minimum atomic E-state index is 0.684. The monoisotopic (exact) mass is 466 g/mol. The van der Waals surface area contributed by atoms with E-state index in [1.54, 1.807) is 0 Å². The van der Waals surface area contributed by atoms with Gasteiger partial charge in [-0.05, 0) is 24.0 Å². The smallest absolute Gasteiger partial charge is 0.121 e. The van der Waals surface area contributed by atoms with Crippen molar-refractivity contribution in [2.24, 2.45) is 0 Å². The summed E-state index contributed by atoms with van der Waals surface area (Å²) in [5, 5.41) is 2.14. The van der Waals surface area contributed by atoms with Crippen LogP contribution in [0.5, 0.6) is 0 Å². The summed E-state index contributed by atoms with van der Waals surface area (Å²) in [6.07, 6.45) is 16.1. The van der Waals surface area contributed by atoms with Crippen molar-refractivity contribution in [3.05, 3.63) is 71.8 Å². The third-order valence-electron chi connectivity index (χ3n) is 6.48. The van der Waals surface area contributed by atoms with Gasteiger partial charge in [0.25, 0.3) is 0 Å². The molecule has 0 aliphatic rings. The Morgan fingerprint density at radius 1 is 0.529 bits per heavy atom. The standard InChI is InChI=1S/C31H50N2O/c1-3-5-7-9-11-19-25-32(26-20-12-10-8-6-4-2)29-34-33(27-30-21-15-13-16-22-30)28-31-23-17-14-18-24-31/h13-18,21-24H,3-12,19-20,25-29H2,1-2H3. The molecule has 0 amide bonds. The molecule has 2 aromatic carbocycles. The first-order valence-corrected chi connectivity index (χ1v) is 14.0. The van der Waals surface area contributed by atoms with Gasteiger partial charge in [0, 0.05) is 26.2 Å². The second-order valence-corrected chi connectivity index (χ2v) is 9.68. The van der Waals surface area contributed by atoms with Gasteiger partial charge in [0.2, 0.25) is 0 Å². The van der Waals surface area contributed by atoms with E-state index >= 15 is 0 Å². The number of hydrogen-bond acceptors (Lipinski definition) is 3. The van der Waals surface area contributed by atoms with Gasteiger partial charge in [0.15, 0.2) is 0 Å². The Bertz CT molecular complexity index is 634. The Morgan fingerprint density at radius 3 is 1.38 bits per heavy atom. The molecule has 0 spiro atoms. The average molecular weight is 467 g/mol. The maximum absolute atomic E-state index is 6.46. The Hall–Kier alpha value is -1.68. The third kappa shape index (κ3) is 13.9. The van der Waals surface area contributed by atoms with Gasteiger partial charge in [-0.1, -0.05) is 139 Å². The highest BCUT2D eigenvalue weighted by Crippen LogP contribution is 2.13. The van der Waals surface area contributed by atoms with Crippen molar-refractivity contribution < 1.29 is 4.84 Å². The summed E-state index contributed by atoms with van der Waals surface area (Å²) in [6.45, 7) is 9.16. The molecule has 0 saturated carbocycles. The van der Waals surface area contributed by atoms with Crippen molar-refractivity contribution in [2.75, 3.05) is 19.8 Å². The number of unbranched alkanes of at least 4 members (excludes halogenated alkanes) is 10. The molecule has 0 atom stereocenters. The summed E-state index contributed by atoms with van der Waals surface area (Å²) in [4.78, 5) is 9.01. The molecule has 0 aliphatic carbocycles. The van der Waals surface area contributed by atoms with Crippen molar-refractivity contribution in [1.82, 2.24) is 9.96 Å². The number of hydroxylamine groups is 2. The minimum absolute atomic E-state index is 0.684. The fourth-order valence-corrected chi connectivity index (χ4v) is 4.36. The highest BCUT2D eigenvalue weighted by molar-refractivity contribution is 5.16. The van der Waals surface area contributed by atoms with Crippen LogP contribution >= 0.6 is 0 Å². The largest absolute Gasteiger partial charge is 0.283 e. The minimum Gasteiger partial charge on any atom is -0.283 e. The van der Waals surface area contributed by atoms with Crippen LogP contribution in [0.3, 0.4) is 0 Å². The van der Waals surface area contributed by atoms with Crippen molar-refractivity contribution in [1.29, 1.82) is 0 Å². The molecule has 0 aromatic heterocycles. The van der Waals surface area contributed by atoms with Crippen molar-refractivity contribution >= 4 is 0 Å². The number of benzene rings is 2. The molecule has 0 bridgehead atoms. The lowest BCUT2D eigenvalue weighted by Crippen LogP contribution is -2.34. The number of nitrogens with zero attached hydrogens (tertiary/aromatic N) is 2. The zero-order chi connectivity index (χ0) is 24.1. The fraction of sp³-hybridized carbons (Fsp3) is 0.613. The van der Waals surface area contributed by atoms with Crippen LogP contribution in [-0.4, -0.2) is 29.8 Å². The van der Waals surface area contributed by atoms with E-state index in [-0.39, 0.29) is 0 Å². The third-order valence-corrected chi connectivity index (χ3v) is 6.48. The molecule has 3 heteroatoms. The predicted molar refractivity (Wildman–Crippen MR) is 146 cm³/mol. The molecule has 0 saturated heterocycles. The first-order chi connectivity index (χ1) is 16.8. The molecule has 34 heavy (non-hydrogen) atoms. The van der Waals surface area contributed by atoms with Gasteiger partial charge in [-0.15, -0.1) is 0 Å². The SMILES string of the molecule is CCCCCCCCN(CCCCCCCC)CON(Cc1ccccc1)Cc1ccccc1. The van der Waals surface area contributed by atoms with E-state index in [0.717, 1.165) is 26.2 Å². The van der Waals surface area contributed by atoms with Gasteiger partial charge in [0.1, 0.15) is 6.73 Å². The molecule has 0 unspecified atom stereocenters. The molecule has 0 heterocycles.